The molecule has 2 N–H and O–H groups in total. The van der Waals surface area contributed by atoms with Gasteiger partial charge in [-0.1, -0.05) is 6.07 Å². The monoisotopic (exact) mass is 349 g/mol. The second kappa shape index (κ2) is 6.30. The Morgan fingerprint density at radius 3 is 2.84 bits per heavy atom. The first-order valence-corrected chi connectivity index (χ1v) is 7.98. The molecule has 3 rings (SSSR count). The van der Waals surface area contributed by atoms with Gasteiger partial charge in [-0.3, -0.25) is 9.69 Å². The van der Waals surface area contributed by atoms with E-state index in [9.17, 15) is 14.0 Å². The van der Waals surface area contributed by atoms with Crippen molar-refractivity contribution in [1.29, 1.82) is 0 Å². The molecule has 25 heavy (non-hydrogen) atoms. The van der Waals surface area contributed by atoms with Crippen LogP contribution in [0.4, 0.5) is 14.9 Å². The standard InChI is InChI=1S/C16H20FN5O3/c1-16(2,3)25-15(24)22-8-9(17)7-12(22)14(23)18-10-5-4-6-11-13(10)20-21-19-11/h4-6,9,12H,7-8H2,1-3H3,(H,18,23)(H,19,20,21)/t9-,12+/m0/s1. The average Bonchev–Trinajstić information content (AvgIpc) is 3.12. The fourth-order valence-electron chi connectivity index (χ4n) is 2.74. The normalized spacial score (nSPS) is 20.7. The van der Waals surface area contributed by atoms with Crippen LogP contribution in [0.5, 0.6) is 0 Å². The number of H-pyrrole nitrogens is 1. The van der Waals surface area contributed by atoms with Crippen LogP contribution in [0.1, 0.15) is 27.2 Å². The summed E-state index contributed by atoms with van der Waals surface area (Å²) in [5, 5.41) is 13.1. The summed E-state index contributed by atoms with van der Waals surface area (Å²) in [5.74, 6) is -0.485. The number of ether oxygens (including phenoxy) is 1. The van der Waals surface area contributed by atoms with Gasteiger partial charge in [-0.15, -0.1) is 0 Å². The fourth-order valence-corrected chi connectivity index (χ4v) is 2.74. The van der Waals surface area contributed by atoms with Gasteiger partial charge in [-0.25, -0.2) is 9.18 Å². The highest BCUT2D eigenvalue weighted by molar-refractivity contribution is 6.02. The van der Waals surface area contributed by atoms with Gasteiger partial charge in [0, 0.05) is 6.42 Å². The lowest BCUT2D eigenvalue weighted by molar-refractivity contribution is -0.120. The molecule has 1 fully saturated rings. The van der Waals surface area contributed by atoms with E-state index in [0.29, 0.717) is 16.7 Å². The van der Waals surface area contributed by atoms with Crippen LogP contribution in [0, 0.1) is 0 Å². The van der Waals surface area contributed by atoms with Crippen molar-refractivity contribution in [2.45, 2.75) is 45.0 Å². The summed E-state index contributed by atoms with van der Waals surface area (Å²) in [4.78, 5) is 26.0. The van der Waals surface area contributed by atoms with Gasteiger partial charge in [0.15, 0.2) is 0 Å². The third-order valence-electron chi connectivity index (χ3n) is 3.79. The minimum absolute atomic E-state index is 0.0696. The molecule has 0 unspecified atom stereocenters. The highest BCUT2D eigenvalue weighted by atomic mass is 19.1. The van der Waals surface area contributed by atoms with Gasteiger partial charge in [0.1, 0.15) is 28.8 Å². The number of fused-ring (bicyclic) bond motifs is 1. The van der Waals surface area contributed by atoms with Crippen molar-refractivity contribution >= 4 is 28.7 Å². The maximum absolute atomic E-state index is 13.9. The minimum atomic E-state index is -1.27. The summed E-state index contributed by atoms with van der Waals surface area (Å²) in [6.07, 6.45) is -2.04. The first-order chi connectivity index (χ1) is 11.7. The quantitative estimate of drug-likeness (QED) is 0.866. The molecule has 0 aliphatic carbocycles. The van der Waals surface area contributed by atoms with Crippen LogP contribution >= 0.6 is 0 Å². The average molecular weight is 349 g/mol. The van der Waals surface area contributed by atoms with Gasteiger partial charge in [-0.2, -0.15) is 15.4 Å². The van der Waals surface area contributed by atoms with Gasteiger partial charge >= 0.3 is 6.09 Å². The predicted molar refractivity (Wildman–Crippen MR) is 88.8 cm³/mol. The molecular weight excluding hydrogens is 329 g/mol. The maximum Gasteiger partial charge on any atom is 0.411 e. The summed E-state index contributed by atoms with van der Waals surface area (Å²) >= 11 is 0. The molecule has 0 bridgehead atoms. The number of anilines is 1. The summed E-state index contributed by atoms with van der Waals surface area (Å²) in [6, 6.07) is 4.20. The number of amides is 2. The Bertz CT molecular complexity index is 800. The molecule has 0 radical (unpaired) electrons. The molecule has 2 aromatic rings. The predicted octanol–water partition coefficient (Wildman–Crippen LogP) is 2.24. The molecule has 2 heterocycles. The third kappa shape index (κ3) is 3.70. The number of aromatic nitrogens is 3. The van der Waals surface area contributed by atoms with Gasteiger partial charge in [0.05, 0.1) is 12.2 Å². The maximum atomic E-state index is 13.9. The van der Waals surface area contributed by atoms with Crippen molar-refractivity contribution in [2.75, 3.05) is 11.9 Å². The number of nitrogens with one attached hydrogen (secondary N) is 2. The fraction of sp³-hybridized carbons (Fsp3) is 0.500. The van der Waals surface area contributed by atoms with E-state index in [4.69, 9.17) is 4.74 Å². The van der Waals surface area contributed by atoms with E-state index in [0.717, 1.165) is 4.90 Å². The number of hydrogen-bond donors (Lipinski definition) is 2. The zero-order valence-electron chi connectivity index (χ0n) is 14.2. The van der Waals surface area contributed by atoms with E-state index in [1.54, 1.807) is 39.0 Å². The Morgan fingerprint density at radius 2 is 2.12 bits per heavy atom. The molecule has 0 spiro atoms. The van der Waals surface area contributed by atoms with E-state index in [2.05, 4.69) is 20.7 Å². The SMILES string of the molecule is CC(C)(C)OC(=O)N1C[C@@H](F)C[C@@H]1C(=O)Nc1cccc2n[nH]nc12. The largest absolute Gasteiger partial charge is 0.444 e. The number of benzene rings is 1. The molecule has 1 aliphatic heterocycles. The smallest absolute Gasteiger partial charge is 0.411 e. The number of halogens is 1. The van der Waals surface area contributed by atoms with E-state index >= 15 is 0 Å². The summed E-state index contributed by atoms with van der Waals surface area (Å²) in [6.45, 7) is 4.98. The number of rotatable bonds is 2. The highest BCUT2D eigenvalue weighted by Crippen LogP contribution is 2.26. The number of carbonyl (C=O) groups excluding carboxylic acids is 2. The van der Waals surface area contributed by atoms with Crippen LogP contribution in [-0.4, -0.2) is 56.7 Å². The van der Waals surface area contributed by atoms with Crippen LogP contribution in [0.25, 0.3) is 11.0 Å². The van der Waals surface area contributed by atoms with E-state index in [1.165, 1.54) is 0 Å². The Labute approximate surface area is 143 Å². The van der Waals surface area contributed by atoms with Crippen molar-refractivity contribution < 1.29 is 18.7 Å². The summed E-state index contributed by atoms with van der Waals surface area (Å²) in [7, 11) is 0. The number of carbonyl (C=O) groups is 2. The minimum Gasteiger partial charge on any atom is -0.444 e. The lowest BCUT2D eigenvalue weighted by Gasteiger charge is -2.27. The summed E-state index contributed by atoms with van der Waals surface area (Å²) < 4.78 is 19.1. The van der Waals surface area contributed by atoms with Gasteiger partial charge in [0.2, 0.25) is 5.91 Å². The molecule has 1 aromatic heterocycles. The molecule has 1 aromatic carbocycles. The van der Waals surface area contributed by atoms with Crippen molar-refractivity contribution in [3.05, 3.63) is 18.2 Å². The molecule has 8 nitrogen and oxygen atoms in total. The third-order valence-corrected chi connectivity index (χ3v) is 3.79. The molecule has 1 aliphatic rings. The van der Waals surface area contributed by atoms with Gasteiger partial charge in [0.25, 0.3) is 0 Å². The number of alkyl halides is 1. The molecule has 0 saturated carbocycles. The zero-order valence-corrected chi connectivity index (χ0v) is 14.2. The Hall–Kier alpha value is -2.71. The van der Waals surface area contributed by atoms with Crippen molar-refractivity contribution in [3.8, 4) is 0 Å². The zero-order chi connectivity index (χ0) is 18.2. The van der Waals surface area contributed by atoms with Crippen molar-refractivity contribution in [3.63, 3.8) is 0 Å². The van der Waals surface area contributed by atoms with E-state index in [-0.39, 0.29) is 13.0 Å². The first-order valence-electron chi connectivity index (χ1n) is 7.98. The van der Waals surface area contributed by atoms with Crippen LogP contribution in [0.3, 0.4) is 0 Å². The lowest BCUT2D eigenvalue weighted by atomic mass is 10.2. The molecule has 134 valence electrons. The topological polar surface area (TPSA) is 100 Å². The number of likely N-dealkylation sites (tertiary alicyclic amines) is 1. The Balaban J connectivity index is 1.77. The Morgan fingerprint density at radius 1 is 1.36 bits per heavy atom. The molecule has 9 heteroatoms. The molecular formula is C16H20FN5O3. The molecule has 2 atom stereocenters. The highest BCUT2D eigenvalue weighted by Gasteiger charge is 2.41. The van der Waals surface area contributed by atoms with E-state index < -0.39 is 29.8 Å². The van der Waals surface area contributed by atoms with Crippen LogP contribution < -0.4 is 5.32 Å². The number of para-hydroxylation sites is 1. The van der Waals surface area contributed by atoms with Crippen LogP contribution in [0.2, 0.25) is 0 Å². The van der Waals surface area contributed by atoms with Gasteiger partial charge in [-0.05, 0) is 32.9 Å². The van der Waals surface area contributed by atoms with Crippen LogP contribution in [0.15, 0.2) is 18.2 Å². The van der Waals surface area contributed by atoms with Crippen molar-refractivity contribution in [1.82, 2.24) is 20.3 Å². The summed E-state index contributed by atoms with van der Waals surface area (Å²) in [5.41, 5.74) is 0.812. The van der Waals surface area contributed by atoms with Gasteiger partial charge < -0.3 is 10.1 Å². The van der Waals surface area contributed by atoms with E-state index in [1.807, 2.05) is 0 Å². The van der Waals surface area contributed by atoms with Crippen LogP contribution in [-0.2, 0) is 9.53 Å². The first kappa shape index (κ1) is 17.1. The number of aromatic amines is 1. The number of nitrogens with zero attached hydrogens (tertiary/aromatic N) is 3. The second-order valence-electron chi connectivity index (χ2n) is 6.97. The van der Waals surface area contributed by atoms with Crippen molar-refractivity contribution in [2.24, 2.45) is 0 Å². The lowest BCUT2D eigenvalue weighted by Crippen LogP contribution is -2.45. The number of hydrogen-bond acceptors (Lipinski definition) is 5. The Kier molecular flexibility index (Phi) is 4.32. The molecule has 1 saturated heterocycles. The second-order valence-corrected chi connectivity index (χ2v) is 6.97. The molecule has 2 amide bonds.